The molecule has 0 aromatic heterocycles. The molecule has 1 N–H and O–H groups in total. The van der Waals surface area contributed by atoms with E-state index < -0.39 is 10.0 Å². The fourth-order valence-corrected chi connectivity index (χ4v) is 3.79. The number of nitrogens with zero attached hydrogens (tertiary/aromatic N) is 2. The van der Waals surface area contributed by atoms with Crippen molar-refractivity contribution in [3.8, 4) is 0 Å². The normalized spacial score (nSPS) is 22.5. The van der Waals surface area contributed by atoms with Crippen LogP contribution in [-0.2, 0) is 10.0 Å². The Balaban J connectivity index is 2.11. The van der Waals surface area contributed by atoms with Crippen molar-refractivity contribution in [2.24, 2.45) is 5.92 Å². The molecule has 1 aliphatic rings. The summed E-state index contributed by atoms with van der Waals surface area (Å²) in [6.07, 6.45) is 1.20. The van der Waals surface area contributed by atoms with Crippen LogP contribution in [0.3, 0.4) is 0 Å². The number of amides is 1. The molecule has 1 heterocycles. The average molecular weight is 360 g/mol. The van der Waals surface area contributed by atoms with Gasteiger partial charge < -0.3 is 10.2 Å². The van der Waals surface area contributed by atoms with Gasteiger partial charge in [-0.3, -0.25) is 4.79 Å². The van der Waals surface area contributed by atoms with Crippen LogP contribution in [0.2, 0.25) is 5.02 Å². The number of carbonyl (C=O) groups is 1. The highest BCUT2D eigenvalue weighted by Gasteiger charge is 2.38. The zero-order valence-corrected chi connectivity index (χ0v) is 15.1. The molecular formula is C15H22ClN3O3S. The molecule has 0 aliphatic carbocycles. The third kappa shape index (κ3) is 4.91. The van der Waals surface area contributed by atoms with Crippen LogP contribution >= 0.6 is 11.6 Å². The van der Waals surface area contributed by atoms with E-state index in [0.29, 0.717) is 30.2 Å². The SMILES string of the molecule is CN(C)CC1CN(S(C)(=O)=O)CC1NC(=O)c1ccc(Cl)cc1. The van der Waals surface area contributed by atoms with Crippen molar-refractivity contribution in [3.05, 3.63) is 34.9 Å². The van der Waals surface area contributed by atoms with E-state index in [9.17, 15) is 13.2 Å². The van der Waals surface area contributed by atoms with Gasteiger partial charge in [-0.2, -0.15) is 4.31 Å². The van der Waals surface area contributed by atoms with Crippen LogP contribution in [0.25, 0.3) is 0 Å². The first-order valence-corrected chi connectivity index (χ1v) is 9.55. The van der Waals surface area contributed by atoms with Gasteiger partial charge in [0.25, 0.3) is 5.91 Å². The minimum absolute atomic E-state index is 0.0518. The van der Waals surface area contributed by atoms with Gasteiger partial charge in [0, 0.05) is 42.2 Å². The first kappa shape index (κ1) is 18.2. The van der Waals surface area contributed by atoms with Crippen LogP contribution in [-0.4, -0.2) is 69.6 Å². The standard InChI is InChI=1S/C15H22ClN3O3S/c1-18(2)8-12-9-19(23(3,21)22)10-14(12)17-15(20)11-4-6-13(16)7-5-11/h4-7,12,14H,8-10H2,1-3H3,(H,17,20). The average Bonchev–Trinajstić information content (AvgIpc) is 2.81. The second kappa shape index (κ2) is 7.17. The highest BCUT2D eigenvalue weighted by Crippen LogP contribution is 2.21. The minimum Gasteiger partial charge on any atom is -0.348 e. The Morgan fingerprint density at radius 3 is 2.43 bits per heavy atom. The van der Waals surface area contributed by atoms with Crippen molar-refractivity contribution >= 4 is 27.5 Å². The molecular weight excluding hydrogens is 338 g/mol. The van der Waals surface area contributed by atoms with Gasteiger partial charge in [-0.15, -0.1) is 0 Å². The number of carbonyl (C=O) groups excluding carboxylic acids is 1. The molecule has 128 valence electrons. The maximum Gasteiger partial charge on any atom is 0.251 e. The van der Waals surface area contributed by atoms with E-state index in [0.717, 1.165) is 0 Å². The summed E-state index contributed by atoms with van der Waals surface area (Å²) in [5.41, 5.74) is 0.510. The van der Waals surface area contributed by atoms with Crippen LogP contribution in [0, 0.1) is 5.92 Å². The third-order valence-electron chi connectivity index (χ3n) is 3.90. The number of halogens is 1. The van der Waals surface area contributed by atoms with Crippen LogP contribution in [0.5, 0.6) is 0 Å². The van der Waals surface area contributed by atoms with E-state index in [2.05, 4.69) is 5.32 Å². The molecule has 0 radical (unpaired) electrons. The highest BCUT2D eigenvalue weighted by molar-refractivity contribution is 7.88. The van der Waals surface area contributed by atoms with Gasteiger partial charge in [0.05, 0.1) is 6.26 Å². The van der Waals surface area contributed by atoms with Gasteiger partial charge in [-0.1, -0.05) is 11.6 Å². The lowest BCUT2D eigenvalue weighted by Gasteiger charge is -2.22. The van der Waals surface area contributed by atoms with Crippen molar-refractivity contribution in [1.82, 2.24) is 14.5 Å². The predicted octanol–water partition coefficient (Wildman–Crippen LogP) is 0.891. The fourth-order valence-electron chi connectivity index (χ4n) is 2.77. The minimum atomic E-state index is -3.26. The number of rotatable bonds is 5. The van der Waals surface area contributed by atoms with Crippen molar-refractivity contribution in [2.45, 2.75) is 6.04 Å². The Kier molecular flexibility index (Phi) is 5.67. The van der Waals surface area contributed by atoms with Crippen molar-refractivity contribution in [1.29, 1.82) is 0 Å². The third-order valence-corrected chi connectivity index (χ3v) is 5.39. The summed E-state index contributed by atoms with van der Waals surface area (Å²) >= 11 is 5.83. The summed E-state index contributed by atoms with van der Waals surface area (Å²) < 4.78 is 25.0. The maximum absolute atomic E-state index is 12.4. The smallest absolute Gasteiger partial charge is 0.251 e. The molecule has 0 bridgehead atoms. The van der Waals surface area contributed by atoms with E-state index in [1.807, 2.05) is 19.0 Å². The van der Waals surface area contributed by atoms with E-state index in [1.165, 1.54) is 10.6 Å². The molecule has 1 amide bonds. The van der Waals surface area contributed by atoms with Crippen LogP contribution in [0.4, 0.5) is 0 Å². The van der Waals surface area contributed by atoms with Crippen molar-refractivity contribution in [2.75, 3.05) is 40.0 Å². The zero-order chi connectivity index (χ0) is 17.2. The van der Waals surface area contributed by atoms with E-state index in [-0.39, 0.29) is 17.9 Å². The Morgan fingerprint density at radius 1 is 1.30 bits per heavy atom. The molecule has 1 saturated heterocycles. The molecule has 8 heteroatoms. The number of hydrogen-bond acceptors (Lipinski definition) is 4. The molecule has 2 atom stereocenters. The molecule has 0 spiro atoms. The Morgan fingerprint density at radius 2 is 1.91 bits per heavy atom. The second-order valence-corrected chi connectivity index (χ2v) is 8.61. The van der Waals surface area contributed by atoms with Gasteiger partial charge in [-0.05, 0) is 38.4 Å². The summed E-state index contributed by atoms with van der Waals surface area (Å²) in [5.74, 6) is -0.165. The van der Waals surface area contributed by atoms with Gasteiger partial charge in [-0.25, -0.2) is 8.42 Å². The highest BCUT2D eigenvalue weighted by atomic mass is 35.5. The first-order valence-electron chi connectivity index (χ1n) is 7.33. The van der Waals surface area contributed by atoms with Crippen molar-refractivity contribution < 1.29 is 13.2 Å². The fraction of sp³-hybridized carbons (Fsp3) is 0.533. The number of sulfonamides is 1. The largest absolute Gasteiger partial charge is 0.348 e. The van der Waals surface area contributed by atoms with E-state index in [4.69, 9.17) is 11.6 Å². The molecule has 6 nitrogen and oxygen atoms in total. The van der Waals surface area contributed by atoms with Gasteiger partial charge in [0.2, 0.25) is 10.0 Å². The number of benzene rings is 1. The van der Waals surface area contributed by atoms with Crippen LogP contribution in [0.1, 0.15) is 10.4 Å². The van der Waals surface area contributed by atoms with Crippen LogP contribution < -0.4 is 5.32 Å². The summed E-state index contributed by atoms with van der Waals surface area (Å²) in [6, 6.07) is 6.41. The maximum atomic E-state index is 12.4. The summed E-state index contributed by atoms with van der Waals surface area (Å²) in [7, 11) is 0.599. The van der Waals surface area contributed by atoms with E-state index >= 15 is 0 Å². The molecule has 1 aromatic carbocycles. The Hall–Kier alpha value is -1.15. The predicted molar refractivity (Wildman–Crippen MR) is 91.2 cm³/mol. The summed E-state index contributed by atoms with van der Waals surface area (Å²) in [6.45, 7) is 1.43. The molecule has 1 aromatic rings. The Labute approximate surface area is 142 Å². The van der Waals surface area contributed by atoms with Gasteiger partial charge in [0.15, 0.2) is 0 Å². The van der Waals surface area contributed by atoms with Crippen LogP contribution in [0.15, 0.2) is 24.3 Å². The second-order valence-electron chi connectivity index (χ2n) is 6.19. The lowest BCUT2D eigenvalue weighted by Crippen LogP contribution is -2.43. The van der Waals surface area contributed by atoms with Gasteiger partial charge in [0.1, 0.15) is 0 Å². The first-order chi connectivity index (χ1) is 10.7. The monoisotopic (exact) mass is 359 g/mol. The molecule has 1 fully saturated rings. The molecule has 2 unspecified atom stereocenters. The zero-order valence-electron chi connectivity index (χ0n) is 13.5. The molecule has 1 aliphatic heterocycles. The van der Waals surface area contributed by atoms with E-state index in [1.54, 1.807) is 24.3 Å². The van der Waals surface area contributed by atoms with Crippen molar-refractivity contribution in [3.63, 3.8) is 0 Å². The molecule has 23 heavy (non-hydrogen) atoms. The number of hydrogen-bond donors (Lipinski definition) is 1. The Bertz CT molecular complexity index is 661. The van der Waals surface area contributed by atoms with Gasteiger partial charge >= 0.3 is 0 Å². The summed E-state index contributed by atoms with van der Waals surface area (Å²) in [5, 5.41) is 3.52. The topological polar surface area (TPSA) is 69.7 Å². The number of nitrogens with one attached hydrogen (secondary N) is 1. The molecule has 2 rings (SSSR count). The lowest BCUT2D eigenvalue weighted by molar-refractivity contribution is 0.0927. The quantitative estimate of drug-likeness (QED) is 0.847. The summed E-state index contributed by atoms with van der Waals surface area (Å²) in [4.78, 5) is 14.4. The molecule has 0 saturated carbocycles. The lowest BCUT2D eigenvalue weighted by atomic mass is 10.0.